The molecule has 0 aliphatic carbocycles. The average Bonchev–Trinajstić information content (AvgIpc) is 3.27. The molecule has 3 aliphatic rings. The van der Waals surface area contributed by atoms with E-state index in [0.717, 1.165) is 36.6 Å². The van der Waals surface area contributed by atoms with Gasteiger partial charge in [-0.3, -0.25) is 14.6 Å². The molecule has 2 saturated heterocycles. The number of likely N-dealkylation sites (N-methyl/N-ethyl adjacent to an activating group) is 1. The van der Waals surface area contributed by atoms with Gasteiger partial charge in [0.2, 0.25) is 11.9 Å². The Kier molecular flexibility index (Phi) is 4.89. The van der Waals surface area contributed by atoms with E-state index in [1.807, 2.05) is 34.4 Å². The van der Waals surface area contributed by atoms with E-state index < -0.39 is 6.04 Å². The summed E-state index contributed by atoms with van der Waals surface area (Å²) in [6, 6.07) is 7.31. The molecule has 0 spiro atoms. The van der Waals surface area contributed by atoms with Crippen molar-refractivity contribution >= 4 is 23.7 Å². The van der Waals surface area contributed by atoms with Gasteiger partial charge in [-0.15, -0.1) is 0 Å². The Morgan fingerprint density at radius 1 is 1.10 bits per heavy atom. The van der Waals surface area contributed by atoms with E-state index in [1.54, 1.807) is 7.05 Å². The number of urea groups is 1. The summed E-state index contributed by atoms with van der Waals surface area (Å²) in [5.41, 5.74) is 3.15. The lowest BCUT2D eigenvalue weighted by Gasteiger charge is -2.35. The number of aromatic nitrogens is 2. The van der Waals surface area contributed by atoms with Crippen molar-refractivity contribution in [1.29, 1.82) is 0 Å². The number of likely N-dealkylation sites (tertiary alicyclic amines) is 1. The van der Waals surface area contributed by atoms with Crippen molar-refractivity contribution in [3.63, 3.8) is 0 Å². The minimum atomic E-state index is -0.594. The van der Waals surface area contributed by atoms with Gasteiger partial charge in [-0.25, -0.2) is 9.36 Å². The molecule has 8 nitrogen and oxygen atoms in total. The van der Waals surface area contributed by atoms with Crippen molar-refractivity contribution < 1.29 is 14.2 Å². The Labute approximate surface area is 182 Å². The van der Waals surface area contributed by atoms with E-state index in [0.29, 0.717) is 18.3 Å². The van der Waals surface area contributed by atoms with Gasteiger partial charge in [-0.2, -0.15) is 4.57 Å². The van der Waals surface area contributed by atoms with Crippen molar-refractivity contribution in [2.45, 2.75) is 39.2 Å². The van der Waals surface area contributed by atoms with Gasteiger partial charge in [0.25, 0.3) is 5.91 Å². The fraction of sp³-hybridized carbons (Fsp3) is 0.478. The van der Waals surface area contributed by atoms with Crippen LogP contribution in [-0.4, -0.2) is 70.3 Å². The van der Waals surface area contributed by atoms with Gasteiger partial charge in [0, 0.05) is 20.1 Å². The summed E-state index contributed by atoms with van der Waals surface area (Å²) in [7, 11) is 1.71. The number of aliphatic imine (C=N–C) groups is 1. The number of carbonyl (C=O) groups excluding carboxylic acids is 2. The molecule has 3 amide bonds. The molecular formula is C23H29N6O2+. The number of benzene rings is 1. The van der Waals surface area contributed by atoms with Crippen molar-refractivity contribution in [1.82, 2.24) is 19.3 Å². The first-order valence-corrected chi connectivity index (χ1v) is 11.1. The number of aryl methyl sites for hydroxylation is 2. The number of rotatable bonds is 4. The fourth-order valence-corrected chi connectivity index (χ4v) is 4.90. The highest BCUT2D eigenvalue weighted by Crippen LogP contribution is 2.31. The summed E-state index contributed by atoms with van der Waals surface area (Å²) >= 11 is 0. The maximum atomic E-state index is 13.5. The number of nitrogens with zero attached hydrogens (tertiary/aromatic N) is 6. The minimum Gasteiger partial charge on any atom is -0.302 e. The zero-order valence-corrected chi connectivity index (χ0v) is 18.4. The number of piperidine rings is 1. The number of amidine groups is 1. The number of hydrogen-bond acceptors (Lipinski definition) is 4. The SMILES string of the molecule is Cc1cccc(-n2c(C)c[n+]3c2N=C2C3C(=O)N(CCN3CCCCC3)C(=O)N2C)c1. The number of amides is 3. The van der Waals surface area contributed by atoms with Crippen LogP contribution >= 0.6 is 0 Å². The van der Waals surface area contributed by atoms with Crippen LogP contribution < -0.4 is 4.57 Å². The standard InChI is InChI=1S/C23H29N6O2/c1-16-8-7-9-18(14-16)29-17(2)15-28-19-20(24-22(28)29)25(3)23(31)27(21(19)30)13-12-26-10-5-4-6-11-26/h7-9,14-15,19H,4-6,10-13H2,1-3H3/q+1. The molecule has 3 aliphatic heterocycles. The lowest BCUT2D eigenvalue weighted by atomic mass is 10.1. The highest BCUT2D eigenvalue weighted by Gasteiger charge is 2.53. The van der Waals surface area contributed by atoms with Gasteiger partial charge in [0.15, 0.2) is 0 Å². The van der Waals surface area contributed by atoms with Gasteiger partial charge in [0.05, 0.1) is 0 Å². The van der Waals surface area contributed by atoms with Crippen LogP contribution in [0.25, 0.3) is 5.69 Å². The molecule has 4 heterocycles. The molecule has 1 aromatic heterocycles. The molecule has 1 atom stereocenters. The van der Waals surface area contributed by atoms with Gasteiger partial charge in [-0.1, -0.05) is 23.5 Å². The Morgan fingerprint density at radius 3 is 2.61 bits per heavy atom. The van der Waals surface area contributed by atoms with Gasteiger partial charge in [-0.05, 0) is 57.5 Å². The van der Waals surface area contributed by atoms with Crippen molar-refractivity contribution in [3.05, 3.63) is 41.7 Å². The molecule has 5 rings (SSSR count). The average molecular weight is 422 g/mol. The Bertz CT molecular complexity index is 1080. The Morgan fingerprint density at radius 2 is 1.87 bits per heavy atom. The lowest BCUT2D eigenvalue weighted by molar-refractivity contribution is -0.676. The Balaban J connectivity index is 1.47. The van der Waals surface area contributed by atoms with Crippen molar-refractivity contribution in [3.8, 4) is 5.69 Å². The predicted octanol–water partition coefficient (Wildman–Crippen LogP) is 2.35. The summed E-state index contributed by atoms with van der Waals surface area (Å²) in [6.45, 7) is 7.29. The molecule has 0 bridgehead atoms. The summed E-state index contributed by atoms with van der Waals surface area (Å²) in [5, 5.41) is 0. The van der Waals surface area contributed by atoms with Gasteiger partial charge in [0.1, 0.15) is 17.6 Å². The van der Waals surface area contributed by atoms with Crippen molar-refractivity contribution in [2.75, 3.05) is 33.2 Å². The van der Waals surface area contributed by atoms with Crippen LogP contribution in [0.2, 0.25) is 0 Å². The molecular weight excluding hydrogens is 392 g/mol. The maximum absolute atomic E-state index is 13.5. The molecule has 1 aromatic carbocycles. The van der Waals surface area contributed by atoms with Crippen LogP contribution in [0.1, 0.15) is 36.6 Å². The van der Waals surface area contributed by atoms with E-state index >= 15 is 0 Å². The third kappa shape index (κ3) is 3.26. The molecule has 0 N–H and O–H groups in total. The first kappa shape index (κ1) is 19.9. The summed E-state index contributed by atoms with van der Waals surface area (Å²) in [5.74, 6) is 0.985. The van der Waals surface area contributed by atoms with Gasteiger partial charge < -0.3 is 4.90 Å². The quantitative estimate of drug-likeness (QED) is 0.712. The van der Waals surface area contributed by atoms with Crippen LogP contribution in [0.15, 0.2) is 35.5 Å². The fourth-order valence-electron chi connectivity index (χ4n) is 4.90. The van der Waals surface area contributed by atoms with Crippen molar-refractivity contribution in [2.24, 2.45) is 4.99 Å². The highest BCUT2D eigenvalue weighted by atomic mass is 16.2. The molecule has 1 unspecified atom stereocenters. The third-order valence-electron chi connectivity index (χ3n) is 6.56. The second-order valence-electron chi connectivity index (χ2n) is 8.76. The number of imide groups is 1. The molecule has 0 radical (unpaired) electrons. The van der Waals surface area contributed by atoms with E-state index in [9.17, 15) is 9.59 Å². The predicted molar refractivity (Wildman–Crippen MR) is 117 cm³/mol. The van der Waals surface area contributed by atoms with E-state index in [4.69, 9.17) is 4.99 Å². The van der Waals surface area contributed by atoms with E-state index in [-0.39, 0.29) is 11.9 Å². The zero-order valence-electron chi connectivity index (χ0n) is 18.4. The molecule has 2 fully saturated rings. The molecule has 162 valence electrons. The van der Waals surface area contributed by atoms with Crippen LogP contribution in [-0.2, 0) is 4.79 Å². The zero-order chi connectivity index (χ0) is 21.7. The second kappa shape index (κ2) is 7.60. The smallest absolute Gasteiger partial charge is 0.302 e. The Hall–Kier alpha value is -3.00. The normalized spacial score (nSPS) is 21.4. The first-order chi connectivity index (χ1) is 15.0. The number of imidazole rings is 1. The highest BCUT2D eigenvalue weighted by molar-refractivity contribution is 6.19. The minimum absolute atomic E-state index is 0.191. The summed E-state index contributed by atoms with van der Waals surface area (Å²) in [6.07, 6.45) is 5.60. The largest absolute Gasteiger partial charge is 0.406 e. The number of carbonyl (C=O) groups is 2. The molecule has 8 heteroatoms. The van der Waals surface area contributed by atoms with E-state index in [2.05, 4.69) is 24.0 Å². The van der Waals surface area contributed by atoms with Crippen LogP contribution in [0.3, 0.4) is 0 Å². The topological polar surface area (TPSA) is 65.0 Å². The molecule has 31 heavy (non-hydrogen) atoms. The van der Waals surface area contributed by atoms with E-state index in [1.165, 1.54) is 29.1 Å². The maximum Gasteiger partial charge on any atom is 0.406 e. The second-order valence-corrected chi connectivity index (χ2v) is 8.76. The van der Waals surface area contributed by atoms with Crippen LogP contribution in [0.4, 0.5) is 10.7 Å². The van der Waals surface area contributed by atoms with Gasteiger partial charge >= 0.3 is 12.0 Å². The number of hydrogen-bond donors (Lipinski definition) is 0. The molecule has 2 aromatic rings. The van der Waals surface area contributed by atoms with Crippen LogP contribution in [0, 0.1) is 13.8 Å². The summed E-state index contributed by atoms with van der Waals surface area (Å²) in [4.78, 5) is 36.5. The summed E-state index contributed by atoms with van der Waals surface area (Å²) < 4.78 is 3.95. The third-order valence-corrected chi connectivity index (χ3v) is 6.56. The number of fused-ring (bicyclic) bond motifs is 3. The molecule has 0 saturated carbocycles. The first-order valence-electron chi connectivity index (χ1n) is 11.1. The van der Waals surface area contributed by atoms with Crippen LogP contribution in [0.5, 0.6) is 0 Å². The lowest BCUT2D eigenvalue weighted by Crippen LogP contribution is -2.63. The monoisotopic (exact) mass is 421 g/mol.